The van der Waals surface area contributed by atoms with Gasteiger partial charge >= 0.3 is 12.9 Å². The summed E-state index contributed by atoms with van der Waals surface area (Å²) in [6, 6.07) is 1.81. The zero-order chi connectivity index (χ0) is 13.2. The van der Waals surface area contributed by atoms with Gasteiger partial charge in [0.1, 0.15) is 0 Å². The lowest BCUT2D eigenvalue weighted by Crippen LogP contribution is -2.35. The summed E-state index contributed by atoms with van der Waals surface area (Å²) in [6.45, 7) is -3.59. The second-order valence-corrected chi connectivity index (χ2v) is 3.56. The van der Waals surface area contributed by atoms with Gasteiger partial charge in [0, 0.05) is 12.7 Å². The number of esters is 1. The Morgan fingerprint density at radius 3 is 2.35 bits per heavy atom. The molecule has 1 rings (SSSR count). The highest BCUT2D eigenvalue weighted by Crippen LogP contribution is 2.21. The van der Waals surface area contributed by atoms with Crippen molar-refractivity contribution >= 4 is 24.1 Å². The van der Waals surface area contributed by atoms with E-state index < -0.39 is 18.4 Å². The van der Waals surface area contributed by atoms with Gasteiger partial charge in [-0.2, -0.15) is 0 Å². The van der Waals surface area contributed by atoms with Gasteiger partial charge in [-0.25, -0.2) is 4.79 Å². The topological polar surface area (TPSA) is 38.3 Å². The molecule has 3 nitrogen and oxygen atoms in total. The number of hydrogen-bond acceptors (Lipinski definition) is 3. The van der Waals surface area contributed by atoms with Crippen LogP contribution in [0.1, 0.15) is 15.9 Å². The molecule has 0 radical (unpaired) electrons. The van der Waals surface area contributed by atoms with Crippen LogP contribution in [0.15, 0.2) is 12.1 Å². The van der Waals surface area contributed by atoms with E-state index in [1.807, 2.05) is 0 Å². The molecule has 0 saturated carbocycles. The number of nitrogens with one attached hydrogen (secondary N) is 1. The Labute approximate surface area is 97.0 Å². The number of methoxy groups -OCH3 is 1. The van der Waals surface area contributed by atoms with Crippen molar-refractivity contribution in [3.8, 4) is 0 Å². The SMILES string of the molecule is CNc1cc([B-](F)(F)F)cc(C(=O)OC)c1C. The van der Waals surface area contributed by atoms with Crippen LogP contribution in [0, 0.1) is 6.92 Å². The fourth-order valence-corrected chi connectivity index (χ4v) is 1.51. The van der Waals surface area contributed by atoms with Crippen molar-refractivity contribution in [2.75, 3.05) is 19.5 Å². The third kappa shape index (κ3) is 2.72. The minimum atomic E-state index is -5.15. The van der Waals surface area contributed by atoms with Gasteiger partial charge in [0.15, 0.2) is 0 Å². The van der Waals surface area contributed by atoms with Crippen molar-refractivity contribution in [1.29, 1.82) is 0 Å². The molecule has 0 spiro atoms. The van der Waals surface area contributed by atoms with Crippen LogP contribution in [-0.2, 0) is 4.74 Å². The monoisotopic (exact) mass is 246 g/mol. The van der Waals surface area contributed by atoms with Crippen molar-refractivity contribution in [2.45, 2.75) is 6.92 Å². The van der Waals surface area contributed by atoms with Gasteiger partial charge in [0.2, 0.25) is 0 Å². The smallest absolute Gasteiger partial charge is 0.465 e. The Hall–Kier alpha value is -1.66. The van der Waals surface area contributed by atoms with E-state index in [1.54, 1.807) is 6.92 Å². The van der Waals surface area contributed by atoms with Gasteiger partial charge < -0.3 is 23.0 Å². The summed E-state index contributed by atoms with van der Waals surface area (Å²) >= 11 is 0. The average Bonchev–Trinajstić information content (AvgIpc) is 2.26. The summed E-state index contributed by atoms with van der Waals surface area (Å²) in [7, 11) is 2.63. The molecule has 0 aliphatic rings. The van der Waals surface area contributed by atoms with E-state index in [0.29, 0.717) is 5.56 Å². The third-order valence-electron chi connectivity index (χ3n) is 2.48. The number of halogens is 3. The van der Waals surface area contributed by atoms with Crippen molar-refractivity contribution in [2.24, 2.45) is 0 Å². The first-order valence-corrected chi connectivity index (χ1v) is 4.91. The summed E-state index contributed by atoms with van der Waals surface area (Å²) in [4.78, 5) is 11.4. The molecule has 0 fully saturated rings. The van der Waals surface area contributed by atoms with Gasteiger partial charge in [0.05, 0.1) is 12.7 Å². The Kier molecular flexibility index (Phi) is 3.70. The molecule has 0 heterocycles. The summed E-state index contributed by atoms with van der Waals surface area (Å²) in [5, 5.41) is 2.63. The minimum Gasteiger partial charge on any atom is -0.465 e. The Morgan fingerprint density at radius 2 is 1.94 bits per heavy atom. The van der Waals surface area contributed by atoms with E-state index in [0.717, 1.165) is 19.2 Å². The summed E-state index contributed by atoms with van der Waals surface area (Å²) in [5.74, 6) is -0.777. The second kappa shape index (κ2) is 4.69. The number of hydrogen-bond donors (Lipinski definition) is 1. The maximum atomic E-state index is 12.7. The fourth-order valence-electron chi connectivity index (χ4n) is 1.51. The van der Waals surface area contributed by atoms with Gasteiger partial charge in [0.25, 0.3) is 0 Å². The molecule has 1 N–H and O–H groups in total. The van der Waals surface area contributed by atoms with Crippen LogP contribution in [-0.4, -0.2) is 27.1 Å². The van der Waals surface area contributed by atoms with E-state index >= 15 is 0 Å². The van der Waals surface area contributed by atoms with E-state index in [-0.39, 0.29) is 11.3 Å². The van der Waals surface area contributed by atoms with Crippen LogP contribution in [0.25, 0.3) is 0 Å². The van der Waals surface area contributed by atoms with Crippen LogP contribution in [0.2, 0.25) is 0 Å². The van der Waals surface area contributed by atoms with Crippen LogP contribution < -0.4 is 10.8 Å². The van der Waals surface area contributed by atoms with Crippen molar-refractivity contribution in [3.63, 3.8) is 0 Å². The van der Waals surface area contributed by atoms with Crippen LogP contribution in [0.4, 0.5) is 18.6 Å². The highest BCUT2D eigenvalue weighted by Gasteiger charge is 2.28. The Bertz CT molecular complexity index is 446. The number of ether oxygens (including phenoxy) is 1. The summed E-state index contributed by atoms with van der Waals surface area (Å²) in [5.41, 5.74) is -0.195. The van der Waals surface area contributed by atoms with E-state index in [2.05, 4.69) is 10.1 Å². The molecule has 1 aromatic carbocycles. The predicted molar refractivity (Wildman–Crippen MR) is 60.8 cm³/mol. The fraction of sp³-hybridized carbons (Fsp3) is 0.300. The number of carbonyl (C=O) groups excluding carboxylic acids is 1. The molecule has 0 aliphatic carbocycles. The maximum absolute atomic E-state index is 12.7. The molecule has 94 valence electrons. The highest BCUT2D eigenvalue weighted by molar-refractivity contribution is 6.73. The van der Waals surface area contributed by atoms with Gasteiger partial charge in [-0.05, 0) is 12.5 Å². The second-order valence-electron chi connectivity index (χ2n) is 3.56. The maximum Gasteiger partial charge on any atom is 0.509 e. The normalized spacial score (nSPS) is 11.2. The van der Waals surface area contributed by atoms with E-state index in [4.69, 9.17) is 0 Å². The van der Waals surface area contributed by atoms with Crippen LogP contribution >= 0.6 is 0 Å². The molecule has 7 heteroatoms. The standard InChI is InChI=1S/C10H12BF3NO2/c1-6-8(10(16)17-3)4-7(11(12,13)14)5-9(6)15-2/h4-5,15H,1-3H3/q-1. The van der Waals surface area contributed by atoms with Crippen molar-refractivity contribution in [3.05, 3.63) is 23.3 Å². The zero-order valence-electron chi connectivity index (χ0n) is 9.68. The molecule has 0 aliphatic heterocycles. The molecule has 0 amide bonds. The number of anilines is 1. The predicted octanol–water partition coefficient (Wildman–Crippen LogP) is 1.88. The van der Waals surface area contributed by atoms with Gasteiger partial charge in [-0.3, -0.25) is 0 Å². The lowest BCUT2D eigenvalue weighted by atomic mass is 9.78. The molecule has 1 aromatic rings. The largest absolute Gasteiger partial charge is 0.509 e. The molecule has 0 aromatic heterocycles. The third-order valence-corrected chi connectivity index (χ3v) is 2.48. The quantitative estimate of drug-likeness (QED) is 0.653. The molecule has 0 unspecified atom stereocenters. The number of benzene rings is 1. The van der Waals surface area contributed by atoms with Gasteiger partial charge in [-0.15, -0.1) is 5.46 Å². The Balaban J connectivity index is 3.44. The first-order valence-electron chi connectivity index (χ1n) is 4.91. The first-order chi connectivity index (χ1) is 7.81. The van der Waals surface area contributed by atoms with Crippen molar-refractivity contribution in [1.82, 2.24) is 0 Å². The molecular formula is C10H12BF3NO2-. The summed E-state index contributed by atoms with van der Waals surface area (Å²) in [6.07, 6.45) is 0. The number of carbonyl (C=O) groups is 1. The van der Waals surface area contributed by atoms with Crippen LogP contribution in [0.5, 0.6) is 0 Å². The van der Waals surface area contributed by atoms with E-state index in [1.165, 1.54) is 7.05 Å². The highest BCUT2D eigenvalue weighted by atomic mass is 19.4. The lowest BCUT2D eigenvalue weighted by molar-refractivity contribution is 0.0600. The molecular weight excluding hydrogens is 234 g/mol. The molecule has 17 heavy (non-hydrogen) atoms. The summed E-state index contributed by atoms with van der Waals surface area (Å²) < 4.78 is 42.5. The minimum absolute atomic E-state index is 0.0754. The average molecular weight is 246 g/mol. The van der Waals surface area contributed by atoms with Crippen LogP contribution in [0.3, 0.4) is 0 Å². The van der Waals surface area contributed by atoms with Crippen molar-refractivity contribution < 1.29 is 22.5 Å². The first kappa shape index (κ1) is 13.4. The van der Waals surface area contributed by atoms with Gasteiger partial charge in [-0.1, -0.05) is 12.1 Å². The zero-order valence-corrected chi connectivity index (χ0v) is 9.68. The molecule has 0 bridgehead atoms. The molecule has 0 saturated heterocycles. The lowest BCUT2D eigenvalue weighted by Gasteiger charge is -2.19. The number of rotatable bonds is 3. The Morgan fingerprint density at radius 1 is 1.35 bits per heavy atom. The molecule has 0 atom stereocenters. The van der Waals surface area contributed by atoms with E-state index in [9.17, 15) is 17.7 Å².